The number of likely N-dealkylation sites (N-methyl/N-ethyl adjacent to an activating group) is 1. The molecule has 6 heteroatoms. The Hall–Kier alpha value is -2.70. The van der Waals surface area contributed by atoms with E-state index in [4.69, 9.17) is 4.74 Å². The number of hydrogen-bond donors (Lipinski definition) is 0. The number of benzene rings is 2. The van der Waals surface area contributed by atoms with Gasteiger partial charge in [-0.1, -0.05) is 24.8 Å². The van der Waals surface area contributed by atoms with E-state index in [1.165, 1.54) is 17.2 Å². The average Bonchev–Trinajstić information content (AvgIpc) is 2.80. The van der Waals surface area contributed by atoms with Crippen LogP contribution in [-0.2, 0) is 17.8 Å². The molecule has 1 saturated heterocycles. The lowest BCUT2D eigenvalue weighted by Gasteiger charge is -2.40. The third-order valence-electron chi connectivity index (χ3n) is 6.82. The van der Waals surface area contributed by atoms with E-state index < -0.39 is 0 Å². The number of amides is 1. The fourth-order valence-electron chi connectivity index (χ4n) is 4.81. The topological polar surface area (TPSA) is 36.0 Å². The second kappa shape index (κ2) is 10.1. The van der Waals surface area contributed by atoms with E-state index in [0.29, 0.717) is 18.7 Å². The first-order chi connectivity index (χ1) is 15.8. The molecule has 1 fully saturated rings. The maximum Gasteiger partial charge on any atom is 0.246 e. The molecule has 0 bridgehead atoms. The van der Waals surface area contributed by atoms with Crippen molar-refractivity contribution in [2.75, 3.05) is 39.8 Å². The summed E-state index contributed by atoms with van der Waals surface area (Å²) in [6.07, 6.45) is 2.07. The summed E-state index contributed by atoms with van der Waals surface area (Å²) in [5.41, 5.74) is 4.11. The molecule has 0 radical (unpaired) electrons. The minimum Gasteiger partial charge on any atom is -0.484 e. The van der Waals surface area contributed by atoms with E-state index in [0.717, 1.165) is 43.9 Å². The van der Waals surface area contributed by atoms with Crippen LogP contribution >= 0.6 is 0 Å². The molecule has 0 unspecified atom stereocenters. The molecule has 2 aliphatic rings. The molecular weight excluding hydrogens is 417 g/mol. The van der Waals surface area contributed by atoms with Crippen molar-refractivity contribution in [3.63, 3.8) is 0 Å². The Morgan fingerprint density at radius 1 is 1.21 bits per heavy atom. The van der Waals surface area contributed by atoms with E-state index in [1.807, 2.05) is 23.1 Å². The van der Waals surface area contributed by atoms with Gasteiger partial charge in [0.2, 0.25) is 5.91 Å². The number of ether oxygens (including phenoxy) is 1. The van der Waals surface area contributed by atoms with E-state index in [-0.39, 0.29) is 23.9 Å². The number of hydrogen-bond acceptors (Lipinski definition) is 4. The summed E-state index contributed by atoms with van der Waals surface area (Å²) >= 11 is 0. The van der Waals surface area contributed by atoms with Crippen LogP contribution in [0, 0.1) is 12.7 Å². The Morgan fingerprint density at radius 3 is 2.76 bits per heavy atom. The predicted molar refractivity (Wildman–Crippen MR) is 129 cm³/mol. The van der Waals surface area contributed by atoms with Gasteiger partial charge in [0.05, 0.1) is 0 Å². The second-order valence-electron chi connectivity index (χ2n) is 9.38. The molecule has 5 nitrogen and oxygen atoms in total. The summed E-state index contributed by atoms with van der Waals surface area (Å²) in [4.78, 5) is 18.6. The van der Waals surface area contributed by atoms with Crippen molar-refractivity contribution in [1.82, 2.24) is 14.7 Å². The van der Waals surface area contributed by atoms with Crippen molar-refractivity contribution >= 4 is 5.91 Å². The lowest BCUT2D eigenvalue weighted by atomic mass is 9.99. The molecule has 0 aliphatic carbocycles. The van der Waals surface area contributed by atoms with Crippen LogP contribution < -0.4 is 4.74 Å². The number of carbonyl (C=O) groups excluding carboxylic acids is 1. The Morgan fingerprint density at radius 2 is 2.03 bits per heavy atom. The summed E-state index contributed by atoms with van der Waals surface area (Å²) in [5, 5.41) is 0. The predicted octanol–water partition coefficient (Wildman–Crippen LogP) is 3.96. The number of nitrogens with zero attached hydrogens (tertiary/aromatic N) is 3. The lowest BCUT2D eigenvalue weighted by molar-refractivity contribution is -0.130. The number of rotatable bonds is 6. The van der Waals surface area contributed by atoms with Gasteiger partial charge in [0.1, 0.15) is 17.7 Å². The van der Waals surface area contributed by atoms with Gasteiger partial charge in [-0.2, -0.15) is 0 Å². The van der Waals surface area contributed by atoms with Crippen LogP contribution in [-0.4, -0.2) is 66.4 Å². The molecule has 33 heavy (non-hydrogen) atoms. The summed E-state index contributed by atoms with van der Waals surface area (Å²) in [5.74, 6) is 0.567. The van der Waals surface area contributed by atoms with Gasteiger partial charge in [-0.05, 0) is 73.8 Å². The number of halogens is 1. The van der Waals surface area contributed by atoms with E-state index in [9.17, 15) is 9.18 Å². The Kier molecular flexibility index (Phi) is 7.15. The van der Waals surface area contributed by atoms with Crippen molar-refractivity contribution in [2.24, 2.45) is 0 Å². The van der Waals surface area contributed by atoms with Crippen LogP contribution in [0.1, 0.15) is 35.3 Å². The van der Waals surface area contributed by atoms with E-state index in [1.54, 1.807) is 13.0 Å². The first kappa shape index (κ1) is 23.5. The van der Waals surface area contributed by atoms with E-state index in [2.05, 4.69) is 42.5 Å². The van der Waals surface area contributed by atoms with Crippen LogP contribution in [0.5, 0.6) is 5.75 Å². The van der Waals surface area contributed by atoms with Gasteiger partial charge in [0.25, 0.3) is 0 Å². The van der Waals surface area contributed by atoms with Gasteiger partial charge in [0.15, 0.2) is 0 Å². The second-order valence-corrected chi connectivity index (χ2v) is 9.38. The fraction of sp³-hybridized carbons (Fsp3) is 0.444. The van der Waals surface area contributed by atoms with Crippen molar-refractivity contribution in [3.05, 3.63) is 77.1 Å². The molecule has 4 rings (SSSR count). The average molecular weight is 452 g/mol. The van der Waals surface area contributed by atoms with Crippen molar-refractivity contribution in [1.29, 1.82) is 0 Å². The summed E-state index contributed by atoms with van der Waals surface area (Å²) < 4.78 is 20.9. The first-order valence-corrected chi connectivity index (χ1v) is 11.7. The number of fused-ring (bicyclic) bond motifs is 1. The highest BCUT2D eigenvalue weighted by atomic mass is 19.1. The van der Waals surface area contributed by atoms with Gasteiger partial charge in [-0.25, -0.2) is 4.39 Å². The zero-order valence-corrected chi connectivity index (χ0v) is 19.9. The summed E-state index contributed by atoms with van der Waals surface area (Å²) in [7, 11) is 2.14. The summed E-state index contributed by atoms with van der Waals surface area (Å²) in [6, 6.07) is 11.8. The molecule has 0 aromatic heterocycles. The number of piperazine rings is 1. The van der Waals surface area contributed by atoms with Gasteiger partial charge in [0, 0.05) is 45.3 Å². The standard InChI is InChI=1S/C27H34FN3O2/c1-5-27(32)31-13-12-30(16-20(31)3)18-26(22-7-6-19(2)25(28)15-22)33-24-9-8-23-17-29(4)11-10-21(23)14-24/h5-9,14-15,20,26H,1,10-13,16-18H2,2-4H3/t20-,26-/m1/s1. The molecule has 176 valence electrons. The highest BCUT2D eigenvalue weighted by Crippen LogP contribution is 2.29. The third kappa shape index (κ3) is 5.45. The third-order valence-corrected chi connectivity index (χ3v) is 6.82. The molecule has 2 aromatic rings. The van der Waals surface area contributed by atoms with Crippen molar-refractivity contribution < 1.29 is 13.9 Å². The molecule has 0 saturated carbocycles. The largest absolute Gasteiger partial charge is 0.484 e. The SMILES string of the molecule is C=CC(=O)N1CCN(C[C@@H](Oc2ccc3c(c2)CCN(C)C3)c2ccc(C)c(F)c2)C[C@H]1C. The monoisotopic (exact) mass is 451 g/mol. The van der Waals surface area contributed by atoms with Crippen molar-refractivity contribution in [3.8, 4) is 5.75 Å². The van der Waals surface area contributed by atoms with Gasteiger partial charge < -0.3 is 14.5 Å². The van der Waals surface area contributed by atoms with Crippen LogP contribution in [0.15, 0.2) is 49.1 Å². The molecule has 0 N–H and O–H groups in total. The molecule has 2 atom stereocenters. The number of aryl methyl sites for hydroxylation is 1. The minimum atomic E-state index is -0.307. The normalized spacial score (nSPS) is 20.2. The molecule has 1 amide bonds. The zero-order valence-electron chi connectivity index (χ0n) is 19.9. The van der Waals surface area contributed by atoms with Gasteiger partial charge in [-0.3, -0.25) is 9.69 Å². The minimum absolute atomic E-state index is 0.0322. The molecular formula is C27H34FN3O2. The smallest absolute Gasteiger partial charge is 0.246 e. The molecule has 2 heterocycles. The van der Waals surface area contributed by atoms with E-state index >= 15 is 0 Å². The van der Waals surface area contributed by atoms with Crippen LogP contribution in [0.3, 0.4) is 0 Å². The quantitative estimate of drug-likeness (QED) is 0.623. The Labute approximate surface area is 196 Å². The van der Waals surface area contributed by atoms with Crippen LogP contribution in [0.2, 0.25) is 0 Å². The first-order valence-electron chi connectivity index (χ1n) is 11.7. The molecule has 2 aromatic carbocycles. The maximum atomic E-state index is 14.4. The Bertz CT molecular complexity index is 1020. The zero-order chi connectivity index (χ0) is 23.5. The van der Waals surface area contributed by atoms with Crippen LogP contribution in [0.4, 0.5) is 4.39 Å². The van der Waals surface area contributed by atoms with Gasteiger partial charge >= 0.3 is 0 Å². The highest BCUT2D eigenvalue weighted by Gasteiger charge is 2.29. The Balaban J connectivity index is 1.54. The van der Waals surface area contributed by atoms with Gasteiger partial charge in [-0.15, -0.1) is 0 Å². The van der Waals surface area contributed by atoms with Crippen molar-refractivity contribution in [2.45, 2.75) is 39.0 Å². The molecule has 2 aliphatic heterocycles. The lowest BCUT2D eigenvalue weighted by Crippen LogP contribution is -2.54. The fourth-order valence-corrected chi connectivity index (χ4v) is 4.81. The maximum absolute atomic E-state index is 14.4. The molecule has 0 spiro atoms. The number of carbonyl (C=O) groups is 1. The highest BCUT2D eigenvalue weighted by molar-refractivity contribution is 5.87. The summed E-state index contributed by atoms with van der Waals surface area (Å²) in [6.45, 7) is 12.2. The van der Waals surface area contributed by atoms with Crippen LogP contribution in [0.25, 0.3) is 0 Å².